The predicted molar refractivity (Wildman–Crippen MR) is 70.5 cm³/mol. The van der Waals surface area contributed by atoms with E-state index in [1.165, 1.54) is 12.1 Å². The molecule has 0 bridgehead atoms. The Bertz CT molecular complexity index is 691. The summed E-state index contributed by atoms with van der Waals surface area (Å²) in [6, 6.07) is 11.6. The van der Waals surface area contributed by atoms with Crippen LogP contribution < -0.4 is 0 Å². The first-order chi connectivity index (χ1) is 8.70. The highest BCUT2D eigenvalue weighted by atomic mass is 32.1. The Labute approximate surface area is 107 Å². The van der Waals surface area contributed by atoms with Crippen LogP contribution in [0.15, 0.2) is 42.5 Å². The molecule has 0 radical (unpaired) electrons. The summed E-state index contributed by atoms with van der Waals surface area (Å²) in [4.78, 5) is 4.49. The molecule has 0 saturated heterocycles. The van der Waals surface area contributed by atoms with E-state index in [2.05, 4.69) is 4.98 Å². The number of rotatable bonds is 2. The monoisotopic (exact) mass is 259 g/mol. The molecule has 0 aliphatic heterocycles. The molecule has 0 fully saturated rings. The van der Waals surface area contributed by atoms with Crippen LogP contribution in [-0.4, -0.2) is 10.1 Å². The van der Waals surface area contributed by atoms with E-state index in [0.717, 1.165) is 20.8 Å². The van der Waals surface area contributed by atoms with Crippen molar-refractivity contribution in [2.45, 2.75) is 6.42 Å². The quantitative estimate of drug-likeness (QED) is 0.760. The van der Waals surface area contributed by atoms with Gasteiger partial charge in [0.1, 0.15) is 11.6 Å². The minimum absolute atomic E-state index is 0.229. The summed E-state index contributed by atoms with van der Waals surface area (Å²) >= 11 is 1.55. The zero-order chi connectivity index (χ0) is 12.5. The van der Waals surface area contributed by atoms with Gasteiger partial charge in [0.25, 0.3) is 0 Å². The van der Waals surface area contributed by atoms with Gasteiger partial charge in [0.15, 0.2) is 0 Å². The average Bonchev–Trinajstić information content (AvgIpc) is 2.73. The van der Waals surface area contributed by atoms with E-state index >= 15 is 0 Å². The Morgan fingerprint density at radius 1 is 1.11 bits per heavy atom. The minimum atomic E-state index is -0.229. The zero-order valence-electron chi connectivity index (χ0n) is 9.43. The molecular formula is C14H10FNOS. The van der Waals surface area contributed by atoms with Gasteiger partial charge in [-0.25, -0.2) is 9.37 Å². The van der Waals surface area contributed by atoms with E-state index < -0.39 is 0 Å². The number of aromatic hydroxyl groups is 1. The van der Waals surface area contributed by atoms with Crippen LogP contribution in [0.3, 0.4) is 0 Å². The molecule has 0 aliphatic carbocycles. The molecule has 1 aromatic heterocycles. The van der Waals surface area contributed by atoms with Crippen LogP contribution in [0.2, 0.25) is 0 Å². The fraction of sp³-hybridized carbons (Fsp3) is 0.0714. The Kier molecular flexibility index (Phi) is 2.72. The predicted octanol–water partition coefficient (Wildman–Crippen LogP) is 3.73. The van der Waals surface area contributed by atoms with Crippen LogP contribution in [0.4, 0.5) is 4.39 Å². The van der Waals surface area contributed by atoms with Crippen LogP contribution in [0.25, 0.3) is 10.2 Å². The van der Waals surface area contributed by atoms with E-state index in [0.29, 0.717) is 6.42 Å². The van der Waals surface area contributed by atoms with Crippen molar-refractivity contribution in [1.29, 1.82) is 0 Å². The molecule has 1 heterocycles. The molecule has 3 aromatic rings. The Balaban J connectivity index is 1.92. The van der Waals surface area contributed by atoms with Gasteiger partial charge >= 0.3 is 0 Å². The fourth-order valence-electron chi connectivity index (χ4n) is 1.81. The zero-order valence-corrected chi connectivity index (χ0v) is 10.2. The molecule has 1 N–H and O–H groups in total. The second-order valence-corrected chi connectivity index (χ2v) is 5.18. The van der Waals surface area contributed by atoms with Gasteiger partial charge in [-0.05, 0) is 35.9 Å². The van der Waals surface area contributed by atoms with Gasteiger partial charge in [-0.2, -0.15) is 0 Å². The molecular weight excluding hydrogens is 249 g/mol. The maximum atomic E-state index is 12.8. The van der Waals surface area contributed by atoms with Crippen LogP contribution in [0.1, 0.15) is 10.6 Å². The summed E-state index contributed by atoms with van der Waals surface area (Å²) in [6.45, 7) is 0. The highest BCUT2D eigenvalue weighted by Crippen LogP contribution is 2.27. The van der Waals surface area contributed by atoms with Gasteiger partial charge < -0.3 is 5.11 Å². The van der Waals surface area contributed by atoms with Crippen molar-refractivity contribution < 1.29 is 9.50 Å². The Hall–Kier alpha value is -1.94. The molecule has 2 nitrogen and oxygen atoms in total. The van der Waals surface area contributed by atoms with Gasteiger partial charge in [0.05, 0.1) is 15.2 Å². The minimum Gasteiger partial charge on any atom is -0.508 e. The Morgan fingerprint density at radius 2 is 1.89 bits per heavy atom. The van der Waals surface area contributed by atoms with Crippen molar-refractivity contribution in [2.75, 3.05) is 0 Å². The van der Waals surface area contributed by atoms with Gasteiger partial charge in [-0.3, -0.25) is 0 Å². The summed E-state index contributed by atoms with van der Waals surface area (Å²) < 4.78 is 13.8. The molecule has 4 heteroatoms. The molecule has 2 aromatic carbocycles. The first-order valence-electron chi connectivity index (χ1n) is 5.53. The summed E-state index contributed by atoms with van der Waals surface area (Å²) in [5, 5.41) is 10.4. The van der Waals surface area contributed by atoms with Crippen molar-refractivity contribution in [3.05, 3.63) is 58.9 Å². The maximum Gasteiger partial charge on any atom is 0.123 e. The third-order valence-electron chi connectivity index (χ3n) is 2.68. The number of nitrogens with zero attached hydrogens (tertiary/aromatic N) is 1. The van der Waals surface area contributed by atoms with Crippen molar-refractivity contribution >= 4 is 21.6 Å². The summed E-state index contributed by atoms with van der Waals surface area (Å²) in [5.41, 5.74) is 1.91. The second kappa shape index (κ2) is 4.38. The third kappa shape index (κ3) is 2.19. The first-order valence-corrected chi connectivity index (χ1v) is 6.35. The summed E-state index contributed by atoms with van der Waals surface area (Å²) in [7, 11) is 0. The standard InChI is InChI=1S/C14H10FNOS/c15-10-3-1-9(2-4-10)7-14-16-12-6-5-11(17)8-13(12)18-14/h1-6,8,17H,7H2. The van der Waals surface area contributed by atoms with Crippen molar-refractivity contribution in [1.82, 2.24) is 4.98 Å². The van der Waals surface area contributed by atoms with Gasteiger partial charge in [0, 0.05) is 6.42 Å². The van der Waals surface area contributed by atoms with Gasteiger partial charge in [0.2, 0.25) is 0 Å². The number of thiazole rings is 1. The normalized spacial score (nSPS) is 10.9. The van der Waals surface area contributed by atoms with Crippen LogP contribution in [0.5, 0.6) is 5.75 Å². The number of hydrogen-bond acceptors (Lipinski definition) is 3. The lowest BCUT2D eigenvalue weighted by molar-refractivity contribution is 0.476. The molecule has 0 amide bonds. The van der Waals surface area contributed by atoms with E-state index in [9.17, 15) is 9.50 Å². The van der Waals surface area contributed by atoms with Crippen LogP contribution in [-0.2, 0) is 6.42 Å². The number of hydrogen-bond donors (Lipinski definition) is 1. The SMILES string of the molecule is Oc1ccc2nc(Cc3ccc(F)cc3)sc2c1. The molecule has 0 atom stereocenters. The smallest absolute Gasteiger partial charge is 0.123 e. The number of phenols is 1. The average molecular weight is 259 g/mol. The largest absolute Gasteiger partial charge is 0.508 e. The van der Waals surface area contributed by atoms with E-state index in [1.807, 2.05) is 0 Å². The lowest BCUT2D eigenvalue weighted by Crippen LogP contribution is -1.86. The molecule has 0 aliphatic rings. The number of fused-ring (bicyclic) bond motifs is 1. The molecule has 0 spiro atoms. The number of halogens is 1. The fourth-order valence-corrected chi connectivity index (χ4v) is 2.85. The van der Waals surface area contributed by atoms with Gasteiger partial charge in [-0.1, -0.05) is 12.1 Å². The lowest BCUT2D eigenvalue weighted by Gasteiger charge is -1.96. The van der Waals surface area contributed by atoms with E-state index in [1.54, 1.807) is 41.7 Å². The molecule has 0 unspecified atom stereocenters. The summed E-state index contributed by atoms with van der Waals surface area (Å²) in [6.07, 6.45) is 0.681. The molecule has 90 valence electrons. The van der Waals surface area contributed by atoms with E-state index in [4.69, 9.17) is 0 Å². The first kappa shape index (κ1) is 11.2. The third-order valence-corrected chi connectivity index (χ3v) is 3.70. The molecule has 3 rings (SSSR count). The van der Waals surface area contributed by atoms with Gasteiger partial charge in [-0.15, -0.1) is 11.3 Å². The van der Waals surface area contributed by atoms with Crippen LogP contribution in [0, 0.1) is 5.82 Å². The summed E-state index contributed by atoms with van der Waals surface area (Å²) in [5.74, 6) is 0.0208. The van der Waals surface area contributed by atoms with Crippen molar-refractivity contribution in [3.8, 4) is 5.75 Å². The number of phenolic OH excluding ortho intramolecular Hbond substituents is 1. The highest BCUT2D eigenvalue weighted by Gasteiger charge is 2.05. The van der Waals surface area contributed by atoms with E-state index in [-0.39, 0.29) is 11.6 Å². The van der Waals surface area contributed by atoms with Crippen LogP contribution >= 0.6 is 11.3 Å². The Morgan fingerprint density at radius 3 is 2.67 bits per heavy atom. The number of aromatic nitrogens is 1. The molecule has 18 heavy (non-hydrogen) atoms. The van der Waals surface area contributed by atoms with Crippen molar-refractivity contribution in [2.24, 2.45) is 0 Å². The number of benzene rings is 2. The lowest BCUT2D eigenvalue weighted by atomic mass is 10.1. The topological polar surface area (TPSA) is 33.1 Å². The maximum absolute atomic E-state index is 12.8. The van der Waals surface area contributed by atoms with Crippen molar-refractivity contribution in [3.63, 3.8) is 0 Å². The molecule has 0 saturated carbocycles. The highest BCUT2D eigenvalue weighted by molar-refractivity contribution is 7.18. The second-order valence-electron chi connectivity index (χ2n) is 4.06.